The molecule has 0 fully saturated rings. The van der Waals surface area contributed by atoms with E-state index in [0.29, 0.717) is 13.2 Å². The van der Waals surface area contributed by atoms with Gasteiger partial charge in [0.15, 0.2) is 0 Å². The van der Waals surface area contributed by atoms with Crippen LogP contribution in [0.4, 0.5) is 0 Å². The Bertz CT molecular complexity index is 812. The summed E-state index contributed by atoms with van der Waals surface area (Å²) in [6, 6.07) is 16.1. The van der Waals surface area contributed by atoms with Crippen LogP contribution in [-0.4, -0.2) is 24.0 Å². The van der Waals surface area contributed by atoms with Crippen molar-refractivity contribution in [3.8, 4) is 5.75 Å². The van der Waals surface area contributed by atoms with Gasteiger partial charge in [0.2, 0.25) is 5.91 Å². The molecule has 124 valence electrons. The molecule has 5 nitrogen and oxygen atoms in total. The Kier molecular flexibility index (Phi) is 5.13. The Morgan fingerprint density at radius 2 is 2.00 bits per heavy atom. The normalized spacial score (nSPS) is 10.7. The lowest BCUT2D eigenvalue weighted by atomic mass is 10.1. The molecule has 0 radical (unpaired) electrons. The van der Waals surface area contributed by atoms with Gasteiger partial charge in [-0.1, -0.05) is 30.3 Å². The van der Waals surface area contributed by atoms with E-state index in [4.69, 9.17) is 10.5 Å². The van der Waals surface area contributed by atoms with Crippen molar-refractivity contribution in [3.05, 3.63) is 65.9 Å². The molecule has 0 saturated carbocycles. The molecule has 0 atom stereocenters. The maximum Gasteiger partial charge on any atom is 0.233 e. The maximum atomic E-state index is 11.2. The molecule has 4 N–H and O–H groups in total. The number of fused-ring (bicyclic) bond motifs is 1. The van der Waals surface area contributed by atoms with E-state index in [1.54, 1.807) is 0 Å². The second-order valence-corrected chi connectivity index (χ2v) is 5.60. The molecule has 24 heavy (non-hydrogen) atoms. The first-order valence-corrected chi connectivity index (χ1v) is 8.00. The second-order valence-electron chi connectivity index (χ2n) is 5.60. The fourth-order valence-electron chi connectivity index (χ4n) is 2.60. The largest absolute Gasteiger partial charge is 0.489 e. The minimum absolute atomic E-state index is 0.0192. The first kappa shape index (κ1) is 16.1. The SMILES string of the molecule is NCC(=O)NCCc1c[nH]c2ccc(OCc3ccccc3)cc12. The van der Waals surface area contributed by atoms with E-state index in [1.165, 1.54) is 0 Å². The lowest BCUT2D eigenvalue weighted by Crippen LogP contribution is -2.31. The van der Waals surface area contributed by atoms with Gasteiger partial charge in [-0.15, -0.1) is 0 Å². The average molecular weight is 323 g/mol. The summed E-state index contributed by atoms with van der Waals surface area (Å²) in [7, 11) is 0. The monoisotopic (exact) mass is 323 g/mol. The highest BCUT2D eigenvalue weighted by Crippen LogP contribution is 2.24. The quantitative estimate of drug-likeness (QED) is 0.624. The van der Waals surface area contributed by atoms with Crippen molar-refractivity contribution < 1.29 is 9.53 Å². The van der Waals surface area contributed by atoms with Crippen molar-refractivity contribution in [2.45, 2.75) is 13.0 Å². The first-order chi connectivity index (χ1) is 11.8. The van der Waals surface area contributed by atoms with Crippen molar-refractivity contribution in [1.29, 1.82) is 0 Å². The fraction of sp³-hybridized carbons (Fsp3) is 0.211. The second kappa shape index (κ2) is 7.66. The lowest BCUT2D eigenvalue weighted by molar-refractivity contribution is -0.119. The van der Waals surface area contributed by atoms with Crippen molar-refractivity contribution in [3.63, 3.8) is 0 Å². The van der Waals surface area contributed by atoms with Gasteiger partial charge >= 0.3 is 0 Å². The molecule has 5 heteroatoms. The zero-order chi connectivity index (χ0) is 16.8. The number of H-pyrrole nitrogens is 1. The molecule has 1 heterocycles. The first-order valence-electron chi connectivity index (χ1n) is 8.00. The van der Waals surface area contributed by atoms with Crippen LogP contribution in [0, 0.1) is 0 Å². The van der Waals surface area contributed by atoms with E-state index >= 15 is 0 Å². The molecule has 3 aromatic rings. The van der Waals surface area contributed by atoms with Gasteiger partial charge in [0.1, 0.15) is 12.4 Å². The molecule has 0 aliphatic heterocycles. The van der Waals surface area contributed by atoms with Crippen LogP contribution in [0.5, 0.6) is 5.75 Å². The predicted molar refractivity (Wildman–Crippen MR) is 94.8 cm³/mol. The third-order valence-electron chi connectivity index (χ3n) is 3.89. The number of carbonyl (C=O) groups excluding carboxylic acids is 1. The van der Waals surface area contributed by atoms with Crippen LogP contribution in [0.15, 0.2) is 54.7 Å². The summed E-state index contributed by atoms with van der Waals surface area (Å²) in [5, 5.41) is 3.90. The Morgan fingerprint density at radius 3 is 2.79 bits per heavy atom. The van der Waals surface area contributed by atoms with Crippen LogP contribution in [0.25, 0.3) is 10.9 Å². The molecular weight excluding hydrogens is 302 g/mol. The molecule has 0 unspecified atom stereocenters. The molecule has 1 amide bonds. The van der Waals surface area contributed by atoms with E-state index in [2.05, 4.69) is 10.3 Å². The van der Waals surface area contributed by atoms with E-state index < -0.39 is 0 Å². The van der Waals surface area contributed by atoms with Crippen molar-refractivity contribution in [2.24, 2.45) is 5.73 Å². The number of benzene rings is 2. The number of nitrogens with two attached hydrogens (primary N) is 1. The topological polar surface area (TPSA) is 80.1 Å². The number of rotatable bonds is 7. The van der Waals surface area contributed by atoms with Gasteiger partial charge in [-0.2, -0.15) is 0 Å². The molecule has 0 aliphatic carbocycles. The molecule has 0 bridgehead atoms. The Balaban J connectivity index is 1.67. The van der Waals surface area contributed by atoms with Gasteiger partial charge in [0, 0.05) is 23.6 Å². The number of aromatic amines is 1. The number of hydrogen-bond donors (Lipinski definition) is 3. The molecule has 1 aromatic heterocycles. The van der Waals surface area contributed by atoms with Gasteiger partial charge in [-0.05, 0) is 35.7 Å². The summed E-state index contributed by atoms with van der Waals surface area (Å²) in [4.78, 5) is 14.5. The van der Waals surface area contributed by atoms with Gasteiger partial charge in [-0.25, -0.2) is 0 Å². The van der Waals surface area contributed by atoms with Crippen molar-refractivity contribution >= 4 is 16.8 Å². The summed E-state index contributed by atoms with van der Waals surface area (Å²) in [5.74, 6) is 0.694. The third kappa shape index (κ3) is 3.94. The minimum Gasteiger partial charge on any atom is -0.489 e. The number of hydrogen-bond acceptors (Lipinski definition) is 3. The van der Waals surface area contributed by atoms with Crippen molar-refractivity contribution in [1.82, 2.24) is 10.3 Å². The van der Waals surface area contributed by atoms with Crippen LogP contribution in [0.1, 0.15) is 11.1 Å². The zero-order valence-corrected chi connectivity index (χ0v) is 13.4. The lowest BCUT2D eigenvalue weighted by Gasteiger charge is -2.07. The van der Waals surface area contributed by atoms with Crippen LogP contribution < -0.4 is 15.8 Å². The Morgan fingerprint density at radius 1 is 1.17 bits per heavy atom. The molecule has 0 aliphatic rings. The highest BCUT2D eigenvalue weighted by atomic mass is 16.5. The fourth-order valence-corrected chi connectivity index (χ4v) is 2.60. The van der Waals surface area contributed by atoms with E-state index in [-0.39, 0.29) is 12.5 Å². The molecule has 0 spiro atoms. The number of aromatic nitrogens is 1. The van der Waals surface area contributed by atoms with Crippen LogP contribution >= 0.6 is 0 Å². The summed E-state index contributed by atoms with van der Waals surface area (Å²) in [5.41, 5.74) is 8.63. The smallest absolute Gasteiger partial charge is 0.233 e. The predicted octanol–water partition coefficient (Wildman–Crippen LogP) is 2.36. The van der Waals surface area contributed by atoms with Crippen LogP contribution in [0.2, 0.25) is 0 Å². The number of amides is 1. The van der Waals surface area contributed by atoms with E-state index in [9.17, 15) is 4.79 Å². The average Bonchev–Trinajstić information content (AvgIpc) is 3.03. The zero-order valence-electron chi connectivity index (χ0n) is 13.4. The summed E-state index contributed by atoms with van der Waals surface area (Å²) in [6.07, 6.45) is 2.72. The molecule has 2 aromatic carbocycles. The number of carbonyl (C=O) groups is 1. The number of nitrogens with one attached hydrogen (secondary N) is 2. The Hall–Kier alpha value is -2.79. The van der Waals surface area contributed by atoms with Gasteiger partial charge in [-0.3, -0.25) is 4.79 Å². The minimum atomic E-state index is -0.137. The highest BCUT2D eigenvalue weighted by Gasteiger charge is 2.06. The van der Waals surface area contributed by atoms with Gasteiger partial charge in [0.05, 0.1) is 6.54 Å². The third-order valence-corrected chi connectivity index (χ3v) is 3.89. The van der Waals surface area contributed by atoms with Gasteiger partial charge < -0.3 is 20.8 Å². The van der Waals surface area contributed by atoms with Gasteiger partial charge in [0.25, 0.3) is 0 Å². The van der Waals surface area contributed by atoms with E-state index in [1.807, 2.05) is 54.7 Å². The summed E-state index contributed by atoms with van der Waals surface area (Å²) < 4.78 is 5.88. The van der Waals surface area contributed by atoms with Crippen LogP contribution in [-0.2, 0) is 17.8 Å². The Labute approximate surface area is 140 Å². The van der Waals surface area contributed by atoms with Crippen LogP contribution in [0.3, 0.4) is 0 Å². The maximum absolute atomic E-state index is 11.2. The molecular formula is C19H21N3O2. The molecule has 3 rings (SSSR count). The van der Waals surface area contributed by atoms with E-state index in [0.717, 1.165) is 34.2 Å². The standard InChI is InChI=1S/C19H21N3O2/c20-11-19(23)21-9-8-15-12-22-18-7-6-16(10-17(15)18)24-13-14-4-2-1-3-5-14/h1-7,10,12,22H,8-9,11,13,20H2,(H,21,23). The summed E-state index contributed by atoms with van der Waals surface area (Å²) >= 11 is 0. The summed E-state index contributed by atoms with van der Waals surface area (Å²) in [6.45, 7) is 1.13. The highest BCUT2D eigenvalue weighted by molar-refractivity contribution is 5.84. The number of ether oxygens (including phenoxy) is 1. The van der Waals surface area contributed by atoms with Crippen molar-refractivity contribution in [2.75, 3.05) is 13.1 Å². The molecule has 0 saturated heterocycles.